The normalized spacial score (nSPS) is 17.1. The molecule has 0 unspecified atom stereocenters. The van der Waals surface area contributed by atoms with E-state index in [0.717, 1.165) is 29.9 Å². The van der Waals surface area contributed by atoms with Crippen molar-refractivity contribution in [3.05, 3.63) is 24.0 Å². The third-order valence-corrected chi connectivity index (χ3v) is 4.23. The summed E-state index contributed by atoms with van der Waals surface area (Å²) in [5.41, 5.74) is 7.54. The number of hydrogen-bond acceptors (Lipinski definition) is 2. The van der Waals surface area contributed by atoms with E-state index in [9.17, 15) is 4.39 Å². The molecule has 2 N–H and O–H groups in total. The van der Waals surface area contributed by atoms with Gasteiger partial charge in [-0.1, -0.05) is 32.1 Å². The summed E-state index contributed by atoms with van der Waals surface area (Å²) in [5, 5.41) is 0. The number of nitrogens with two attached hydrogens (primary N) is 1. The SMILES string of the molecule is Nc1nc2ccc(F)cc2n1CCC1CCCCC1. The molecule has 102 valence electrons. The number of aromatic nitrogens is 2. The predicted molar refractivity (Wildman–Crippen MR) is 75.3 cm³/mol. The summed E-state index contributed by atoms with van der Waals surface area (Å²) in [6.45, 7) is 0.844. The first-order chi connectivity index (χ1) is 9.24. The monoisotopic (exact) mass is 261 g/mol. The highest BCUT2D eigenvalue weighted by Crippen LogP contribution is 2.28. The fourth-order valence-corrected chi connectivity index (χ4v) is 3.14. The smallest absolute Gasteiger partial charge is 0.201 e. The van der Waals surface area contributed by atoms with Crippen LogP contribution in [-0.2, 0) is 6.54 Å². The van der Waals surface area contributed by atoms with Crippen molar-refractivity contribution in [2.24, 2.45) is 5.92 Å². The highest BCUT2D eigenvalue weighted by molar-refractivity contribution is 5.78. The Bertz CT molecular complexity index is 570. The molecule has 1 heterocycles. The summed E-state index contributed by atoms with van der Waals surface area (Å²) in [6, 6.07) is 4.65. The van der Waals surface area contributed by atoms with Crippen LogP contribution in [0.2, 0.25) is 0 Å². The second-order valence-electron chi connectivity index (χ2n) is 5.55. The van der Waals surface area contributed by atoms with Gasteiger partial charge in [0.15, 0.2) is 0 Å². The van der Waals surface area contributed by atoms with E-state index in [4.69, 9.17) is 5.73 Å². The van der Waals surface area contributed by atoms with Gasteiger partial charge >= 0.3 is 0 Å². The largest absolute Gasteiger partial charge is 0.369 e. The van der Waals surface area contributed by atoms with Gasteiger partial charge in [-0.05, 0) is 30.5 Å². The minimum absolute atomic E-state index is 0.230. The number of nitrogen functional groups attached to an aromatic ring is 1. The van der Waals surface area contributed by atoms with E-state index in [1.807, 2.05) is 4.57 Å². The van der Waals surface area contributed by atoms with Crippen LogP contribution in [-0.4, -0.2) is 9.55 Å². The van der Waals surface area contributed by atoms with Crippen LogP contribution in [0.15, 0.2) is 18.2 Å². The van der Waals surface area contributed by atoms with Crippen LogP contribution in [0.3, 0.4) is 0 Å². The first-order valence-electron chi connectivity index (χ1n) is 7.15. The van der Waals surface area contributed by atoms with Gasteiger partial charge in [-0.15, -0.1) is 0 Å². The summed E-state index contributed by atoms with van der Waals surface area (Å²) in [4.78, 5) is 4.29. The van der Waals surface area contributed by atoms with Crippen LogP contribution < -0.4 is 5.73 Å². The zero-order valence-corrected chi connectivity index (χ0v) is 11.1. The molecule has 3 nitrogen and oxygen atoms in total. The lowest BCUT2D eigenvalue weighted by Crippen LogP contribution is -2.11. The van der Waals surface area contributed by atoms with Crippen molar-refractivity contribution in [2.45, 2.75) is 45.1 Å². The fraction of sp³-hybridized carbons (Fsp3) is 0.533. The summed E-state index contributed by atoms with van der Waals surface area (Å²) in [5.74, 6) is 1.06. The lowest BCUT2D eigenvalue weighted by atomic mass is 9.87. The first-order valence-corrected chi connectivity index (χ1v) is 7.15. The highest BCUT2D eigenvalue weighted by atomic mass is 19.1. The minimum atomic E-state index is -0.230. The number of imidazole rings is 1. The Labute approximate surface area is 112 Å². The molecular formula is C15H20FN3. The molecule has 0 saturated heterocycles. The number of anilines is 1. The minimum Gasteiger partial charge on any atom is -0.369 e. The van der Waals surface area contributed by atoms with Crippen molar-refractivity contribution in [3.63, 3.8) is 0 Å². The lowest BCUT2D eigenvalue weighted by molar-refractivity contribution is 0.326. The molecule has 1 aromatic carbocycles. The van der Waals surface area contributed by atoms with Gasteiger partial charge in [0, 0.05) is 6.54 Å². The molecular weight excluding hydrogens is 241 g/mol. The molecule has 0 atom stereocenters. The molecule has 0 bridgehead atoms. The molecule has 1 fully saturated rings. The average Bonchev–Trinajstić information content (AvgIpc) is 2.73. The molecule has 19 heavy (non-hydrogen) atoms. The lowest BCUT2D eigenvalue weighted by Gasteiger charge is -2.21. The van der Waals surface area contributed by atoms with E-state index < -0.39 is 0 Å². The first kappa shape index (κ1) is 12.5. The standard InChI is InChI=1S/C15H20FN3/c16-12-6-7-13-14(10-12)19(15(17)18-13)9-8-11-4-2-1-3-5-11/h6-7,10-11H,1-5,8-9H2,(H2,17,18). The average molecular weight is 261 g/mol. The quantitative estimate of drug-likeness (QED) is 0.915. The van der Waals surface area contributed by atoms with Crippen LogP contribution in [0.1, 0.15) is 38.5 Å². The Balaban J connectivity index is 1.79. The molecule has 2 aromatic rings. The van der Waals surface area contributed by atoms with E-state index in [1.165, 1.54) is 44.2 Å². The van der Waals surface area contributed by atoms with Crippen LogP contribution in [0, 0.1) is 11.7 Å². The molecule has 1 aliphatic rings. The van der Waals surface area contributed by atoms with Crippen molar-refractivity contribution in [1.82, 2.24) is 9.55 Å². The van der Waals surface area contributed by atoms with Crippen molar-refractivity contribution in [2.75, 3.05) is 5.73 Å². The van der Waals surface area contributed by atoms with Crippen LogP contribution in [0.5, 0.6) is 0 Å². The van der Waals surface area contributed by atoms with Gasteiger partial charge in [0.1, 0.15) is 5.82 Å². The van der Waals surface area contributed by atoms with Crippen molar-refractivity contribution in [1.29, 1.82) is 0 Å². The summed E-state index contributed by atoms with van der Waals surface area (Å²) in [7, 11) is 0. The van der Waals surface area contributed by atoms with Crippen molar-refractivity contribution < 1.29 is 4.39 Å². The highest BCUT2D eigenvalue weighted by Gasteiger charge is 2.15. The van der Waals surface area contributed by atoms with E-state index in [2.05, 4.69) is 4.98 Å². The van der Waals surface area contributed by atoms with E-state index >= 15 is 0 Å². The fourth-order valence-electron chi connectivity index (χ4n) is 3.14. The topological polar surface area (TPSA) is 43.8 Å². The number of hydrogen-bond donors (Lipinski definition) is 1. The molecule has 0 spiro atoms. The molecule has 1 aliphatic carbocycles. The van der Waals surface area contributed by atoms with Crippen molar-refractivity contribution in [3.8, 4) is 0 Å². The second-order valence-corrected chi connectivity index (χ2v) is 5.55. The van der Waals surface area contributed by atoms with E-state index in [-0.39, 0.29) is 5.82 Å². The summed E-state index contributed by atoms with van der Waals surface area (Å²) in [6.07, 6.45) is 7.82. The van der Waals surface area contributed by atoms with E-state index in [1.54, 1.807) is 6.07 Å². The zero-order chi connectivity index (χ0) is 13.2. The maximum atomic E-state index is 13.3. The van der Waals surface area contributed by atoms with Gasteiger partial charge in [0.2, 0.25) is 5.95 Å². The van der Waals surface area contributed by atoms with E-state index in [0.29, 0.717) is 5.95 Å². The Morgan fingerprint density at radius 3 is 2.84 bits per heavy atom. The molecule has 0 radical (unpaired) electrons. The van der Waals surface area contributed by atoms with Crippen molar-refractivity contribution >= 4 is 17.0 Å². The number of benzene rings is 1. The Morgan fingerprint density at radius 2 is 2.05 bits per heavy atom. The molecule has 0 amide bonds. The van der Waals surface area contributed by atoms with Gasteiger partial charge in [0.25, 0.3) is 0 Å². The third kappa shape index (κ3) is 2.57. The molecule has 1 saturated carbocycles. The second kappa shape index (κ2) is 5.19. The number of nitrogens with zero attached hydrogens (tertiary/aromatic N) is 2. The third-order valence-electron chi connectivity index (χ3n) is 4.23. The number of aryl methyl sites for hydroxylation is 1. The number of rotatable bonds is 3. The van der Waals surface area contributed by atoms with Crippen LogP contribution in [0.4, 0.5) is 10.3 Å². The van der Waals surface area contributed by atoms with Gasteiger partial charge in [0.05, 0.1) is 11.0 Å². The van der Waals surface area contributed by atoms with Gasteiger partial charge < -0.3 is 10.3 Å². The Kier molecular flexibility index (Phi) is 3.40. The predicted octanol–water partition coefficient (Wildman–Crippen LogP) is 3.73. The van der Waals surface area contributed by atoms with Gasteiger partial charge in [-0.2, -0.15) is 0 Å². The molecule has 3 rings (SSSR count). The maximum Gasteiger partial charge on any atom is 0.201 e. The number of halogens is 1. The van der Waals surface area contributed by atoms with Crippen LogP contribution in [0.25, 0.3) is 11.0 Å². The number of fused-ring (bicyclic) bond motifs is 1. The summed E-state index contributed by atoms with van der Waals surface area (Å²) >= 11 is 0. The summed E-state index contributed by atoms with van der Waals surface area (Å²) < 4.78 is 15.3. The van der Waals surface area contributed by atoms with Gasteiger partial charge in [-0.25, -0.2) is 9.37 Å². The molecule has 4 heteroatoms. The van der Waals surface area contributed by atoms with Crippen LogP contribution >= 0.6 is 0 Å². The molecule has 1 aromatic heterocycles. The zero-order valence-electron chi connectivity index (χ0n) is 11.1. The Morgan fingerprint density at radius 1 is 1.26 bits per heavy atom. The maximum absolute atomic E-state index is 13.3. The Hall–Kier alpha value is -1.58. The molecule has 0 aliphatic heterocycles. The van der Waals surface area contributed by atoms with Gasteiger partial charge in [-0.3, -0.25) is 0 Å².